The lowest BCUT2D eigenvalue weighted by Gasteiger charge is -2.07. The number of nitrogens with one attached hydrogen (secondary N) is 1. The van der Waals surface area contributed by atoms with Gasteiger partial charge in [-0.15, -0.1) is 0 Å². The number of aromatic hydroxyl groups is 1. The van der Waals surface area contributed by atoms with E-state index in [2.05, 4.69) is 10.1 Å². The molecule has 0 aliphatic heterocycles. The lowest BCUT2D eigenvalue weighted by molar-refractivity contribution is -0.140. The number of hydrogen-bond donors (Lipinski definition) is 2. The van der Waals surface area contributed by atoms with Crippen LogP contribution in [0.1, 0.15) is 36.0 Å². The van der Waals surface area contributed by atoms with E-state index in [0.717, 1.165) is 19.3 Å². The molecule has 0 atom stereocenters. The molecule has 1 rings (SSSR count). The number of rotatable bonds is 8. The van der Waals surface area contributed by atoms with E-state index in [9.17, 15) is 14.7 Å². The molecule has 1 aromatic rings. The number of benzene rings is 1. The molecule has 0 unspecified atom stereocenters. The first-order chi connectivity index (χ1) is 10.1. The van der Waals surface area contributed by atoms with E-state index in [1.54, 1.807) is 12.1 Å². The minimum absolute atomic E-state index is 0.0665. The third-order valence-corrected chi connectivity index (χ3v) is 3.01. The van der Waals surface area contributed by atoms with E-state index in [1.807, 2.05) is 0 Å². The standard InChI is InChI=1S/C15H21NO5/c1-20-13-8-7-11(10-12(13)17)15(19)16-9-5-3-4-6-14(18)21-2/h7-8,10,17H,3-6,9H2,1-2H3,(H,16,19). The summed E-state index contributed by atoms with van der Waals surface area (Å²) in [6.07, 6.45) is 2.76. The molecule has 0 heterocycles. The maximum absolute atomic E-state index is 11.8. The Morgan fingerprint density at radius 2 is 1.95 bits per heavy atom. The normalized spacial score (nSPS) is 10.0. The van der Waals surface area contributed by atoms with Gasteiger partial charge in [-0.05, 0) is 31.0 Å². The highest BCUT2D eigenvalue weighted by molar-refractivity contribution is 5.94. The number of phenolic OH excluding ortho intramolecular Hbond substituents is 1. The Labute approximate surface area is 124 Å². The van der Waals surface area contributed by atoms with Gasteiger partial charge in [0.25, 0.3) is 5.91 Å². The number of ether oxygens (including phenoxy) is 2. The average Bonchev–Trinajstić information content (AvgIpc) is 2.49. The fraction of sp³-hybridized carbons (Fsp3) is 0.467. The fourth-order valence-electron chi connectivity index (χ4n) is 1.81. The number of phenols is 1. The van der Waals surface area contributed by atoms with Gasteiger partial charge in [0.05, 0.1) is 14.2 Å². The molecule has 1 aromatic carbocycles. The first-order valence-corrected chi connectivity index (χ1v) is 6.80. The summed E-state index contributed by atoms with van der Waals surface area (Å²) in [6, 6.07) is 4.50. The zero-order valence-electron chi connectivity index (χ0n) is 12.3. The molecule has 6 nitrogen and oxygen atoms in total. The molecule has 0 saturated carbocycles. The van der Waals surface area contributed by atoms with Crippen LogP contribution in [0.15, 0.2) is 18.2 Å². The number of carbonyl (C=O) groups excluding carboxylic acids is 2. The van der Waals surface area contributed by atoms with Crippen LogP contribution in [0.5, 0.6) is 11.5 Å². The predicted octanol–water partition coefficient (Wildman–Crippen LogP) is 1.86. The van der Waals surface area contributed by atoms with E-state index in [1.165, 1.54) is 20.3 Å². The zero-order valence-corrected chi connectivity index (χ0v) is 12.3. The molecule has 2 N–H and O–H groups in total. The number of amides is 1. The molecule has 0 radical (unpaired) electrons. The smallest absolute Gasteiger partial charge is 0.305 e. The lowest BCUT2D eigenvalue weighted by atomic mass is 10.1. The molecule has 116 valence electrons. The maximum Gasteiger partial charge on any atom is 0.305 e. The molecule has 21 heavy (non-hydrogen) atoms. The van der Waals surface area contributed by atoms with Crippen molar-refractivity contribution in [3.8, 4) is 11.5 Å². The number of carbonyl (C=O) groups is 2. The highest BCUT2D eigenvalue weighted by atomic mass is 16.5. The summed E-state index contributed by atoms with van der Waals surface area (Å²) >= 11 is 0. The summed E-state index contributed by atoms with van der Waals surface area (Å²) in [5.41, 5.74) is 0.378. The monoisotopic (exact) mass is 295 g/mol. The van der Waals surface area contributed by atoms with Gasteiger partial charge in [-0.1, -0.05) is 6.42 Å². The average molecular weight is 295 g/mol. The summed E-state index contributed by atoms with van der Waals surface area (Å²) in [4.78, 5) is 22.7. The summed E-state index contributed by atoms with van der Waals surface area (Å²) < 4.78 is 9.45. The Bertz CT molecular complexity index is 487. The van der Waals surface area contributed by atoms with E-state index in [0.29, 0.717) is 24.3 Å². The molecule has 0 aliphatic rings. The van der Waals surface area contributed by atoms with Crippen LogP contribution in [-0.2, 0) is 9.53 Å². The van der Waals surface area contributed by atoms with Crippen molar-refractivity contribution in [2.75, 3.05) is 20.8 Å². The molecule has 0 fully saturated rings. The van der Waals surface area contributed by atoms with Gasteiger partial charge in [-0.25, -0.2) is 0 Å². The van der Waals surface area contributed by atoms with Crippen LogP contribution in [0.2, 0.25) is 0 Å². The van der Waals surface area contributed by atoms with Crippen molar-refractivity contribution in [3.05, 3.63) is 23.8 Å². The molecular formula is C15H21NO5. The molecule has 0 aromatic heterocycles. The Morgan fingerprint density at radius 1 is 1.19 bits per heavy atom. The zero-order chi connectivity index (χ0) is 15.7. The van der Waals surface area contributed by atoms with Crippen molar-refractivity contribution in [2.45, 2.75) is 25.7 Å². The Morgan fingerprint density at radius 3 is 2.57 bits per heavy atom. The predicted molar refractivity (Wildman–Crippen MR) is 77.5 cm³/mol. The third-order valence-electron chi connectivity index (χ3n) is 3.01. The number of unbranched alkanes of at least 4 members (excludes halogenated alkanes) is 2. The third kappa shape index (κ3) is 5.72. The summed E-state index contributed by atoms with van der Waals surface area (Å²) in [5.74, 6) is -0.203. The van der Waals surface area contributed by atoms with E-state index in [4.69, 9.17) is 4.74 Å². The molecule has 0 aliphatic carbocycles. The van der Waals surface area contributed by atoms with Crippen LogP contribution in [0.4, 0.5) is 0 Å². The van der Waals surface area contributed by atoms with Gasteiger partial charge in [0.2, 0.25) is 0 Å². The number of hydrogen-bond acceptors (Lipinski definition) is 5. The molecule has 1 amide bonds. The van der Waals surface area contributed by atoms with Gasteiger partial charge in [0.15, 0.2) is 11.5 Å². The van der Waals surface area contributed by atoms with Gasteiger partial charge in [0, 0.05) is 18.5 Å². The largest absolute Gasteiger partial charge is 0.504 e. The van der Waals surface area contributed by atoms with Gasteiger partial charge < -0.3 is 19.9 Å². The summed E-state index contributed by atoms with van der Waals surface area (Å²) in [5, 5.41) is 12.4. The van der Waals surface area contributed by atoms with Gasteiger partial charge >= 0.3 is 5.97 Å². The first kappa shape index (κ1) is 16.8. The number of esters is 1. The van der Waals surface area contributed by atoms with Crippen molar-refractivity contribution in [1.29, 1.82) is 0 Å². The van der Waals surface area contributed by atoms with E-state index >= 15 is 0 Å². The summed E-state index contributed by atoms with van der Waals surface area (Å²) in [6.45, 7) is 0.521. The Hall–Kier alpha value is -2.24. The highest BCUT2D eigenvalue weighted by Gasteiger charge is 2.09. The van der Waals surface area contributed by atoms with E-state index in [-0.39, 0.29) is 17.6 Å². The van der Waals surface area contributed by atoms with Gasteiger partial charge in [-0.2, -0.15) is 0 Å². The molecule has 6 heteroatoms. The molecule has 0 bridgehead atoms. The van der Waals surface area contributed by atoms with Crippen LogP contribution in [0.25, 0.3) is 0 Å². The quantitative estimate of drug-likeness (QED) is 0.565. The van der Waals surface area contributed by atoms with Crippen molar-refractivity contribution in [3.63, 3.8) is 0 Å². The molecular weight excluding hydrogens is 274 g/mol. The maximum atomic E-state index is 11.8. The minimum Gasteiger partial charge on any atom is -0.504 e. The minimum atomic E-state index is -0.249. The van der Waals surface area contributed by atoms with Crippen LogP contribution < -0.4 is 10.1 Å². The van der Waals surface area contributed by atoms with Crippen molar-refractivity contribution < 1.29 is 24.2 Å². The van der Waals surface area contributed by atoms with Crippen LogP contribution in [0, 0.1) is 0 Å². The van der Waals surface area contributed by atoms with Crippen molar-refractivity contribution >= 4 is 11.9 Å². The number of methoxy groups -OCH3 is 2. The van der Waals surface area contributed by atoms with Crippen LogP contribution in [0.3, 0.4) is 0 Å². The second-order valence-electron chi connectivity index (χ2n) is 4.53. The topological polar surface area (TPSA) is 84.9 Å². The second-order valence-corrected chi connectivity index (χ2v) is 4.53. The van der Waals surface area contributed by atoms with Crippen molar-refractivity contribution in [2.24, 2.45) is 0 Å². The van der Waals surface area contributed by atoms with Gasteiger partial charge in [0.1, 0.15) is 0 Å². The molecule has 0 saturated heterocycles. The highest BCUT2D eigenvalue weighted by Crippen LogP contribution is 2.26. The Balaban J connectivity index is 2.28. The Kier molecular flexibility index (Phi) is 7.08. The SMILES string of the molecule is COC(=O)CCCCCNC(=O)c1ccc(OC)c(O)c1. The summed E-state index contributed by atoms with van der Waals surface area (Å²) in [7, 11) is 2.82. The fourth-order valence-corrected chi connectivity index (χ4v) is 1.81. The molecule has 0 spiro atoms. The van der Waals surface area contributed by atoms with Crippen LogP contribution >= 0.6 is 0 Å². The second kappa shape index (κ2) is 8.84. The van der Waals surface area contributed by atoms with Crippen LogP contribution in [-0.4, -0.2) is 37.7 Å². The van der Waals surface area contributed by atoms with Crippen molar-refractivity contribution in [1.82, 2.24) is 5.32 Å². The lowest BCUT2D eigenvalue weighted by Crippen LogP contribution is -2.24. The van der Waals surface area contributed by atoms with Gasteiger partial charge in [-0.3, -0.25) is 9.59 Å². The first-order valence-electron chi connectivity index (χ1n) is 6.80. The van der Waals surface area contributed by atoms with E-state index < -0.39 is 0 Å².